The number of furan rings is 1. The number of carbonyl (C=O) groups is 2. The molecule has 1 aromatic heterocycles. The molecule has 9 heteroatoms. The van der Waals surface area contributed by atoms with Crippen molar-refractivity contribution in [2.45, 2.75) is 32.6 Å². The van der Waals surface area contributed by atoms with Crippen LogP contribution in [0.4, 0.5) is 4.39 Å². The van der Waals surface area contributed by atoms with Crippen molar-refractivity contribution >= 4 is 23.6 Å². The van der Waals surface area contributed by atoms with Gasteiger partial charge in [-0.1, -0.05) is 42.5 Å². The van der Waals surface area contributed by atoms with E-state index in [0.717, 1.165) is 16.7 Å². The number of thioether (sulfide) groups is 1. The molecule has 0 aliphatic heterocycles. The van der Waals surface area contributed by atoms with E-state index in [9.17, 15) is 19.1 Å². The molecule has 0 fully saturated rings. The van der Waals surface area contributed by atoms with Gasteiger partial charge in [-0.15, -0.1) is 0 Å². The maximum Gasteiger partial charge on any atom is 1.00 e. The molecule has 0 saturated heterocycles. The monoisotopic (exact) mass is 555 g/mol. The number of carbonyl (C=O) groups excluding carboxylic acids is 1. The Morgan fingerprint density at radius 1 is 1.02 bits per heavy atom. The standard InChI is InChI=1S/C31H30FNO5S.Li.H/c1-20-6-3-4-9-25(20)27-16-21(10-12-26(27)30(34)33-28(31(35)36)14-15-39-2)18-37-19-24-11-13-29(38-24)22-7-5-8-23(32)17-22;;/h3-13,16-17,28H,14-15,18-19H2,1-2H3,(H,33,34)(H,35,36);;/q;+1;-1/t28-;;/m0../s1. The number of aliphatic carboxylic acids is 1. The summed E-state index contributed by atoms with van der Waals surface area (Å²) in [6, 6.07) is 21.9. The minimum atomic E-state index is -1.06. The van der Waals surface area contributed by atoms with Crippen molar-refractivity contribution < 1.29 is 48.5 Å². The van der Waals surface area contributed by atoms with E-state index in [1.807, 2.05) is 43.5 Å². The van der Waals surface area contributed by atoms with Crippen LogP contribution < -0.4 is 24.2 Å². The molecule has 6 nitrogen and oxygen atoms in total. The van der Waals surface area contributed by atoms with Crippen LogP contribution in [0.3, 0.4) is 0 Å². The molecule has 1 heterocycles. The average Bonchev–Trinajstić information content (AvgIpc) is 3.40. The molecule has 204 valence electrons. The maximum atomic E-state index is 13.5. The smallest absolute Gasteiger partial charge is 1.00 e. The first-order valence-corrected chi connectivity index (χ1v) is 13.9. The Morgan fingerprint density at radius 3 is 2.55 bits per heavy atom. The number of hydrogen-bond acceptors (Lipinski definition) is 5. The van der Waals surface area contributed by atoms with Crippen molar-refractivity contribution in [3.8, 4) is 22.5 Å². The van der Waals surface area contributed by atoms with E-state index in [1.165, 1.54) is 23.9 Å². The van der Waals surface area contributed by atoms with Gasteiger partial charge in [-0.3, -0.25) is 4.79 Å². The van der Waals surface area contributed by atoms with Gasteiger partial charge in [-0.05, 0) is 84.0 Å². The first kappa shape index (κ1) is 31.2. The summed E-state index contributed by atoms with van der Waals surface area (Å²) in [5.41, 5.74) is 4.46. The molecule has 0 unspecified atom stereocenters. The van der Waals surface area contributed by atoms with Crippen LogP contribution in [-0.4, -0.2) is 35.0 Å². The van der Waals surface area contributed by atoms with E-state index in [0.29, 0.717) is 40.4 Å². The van der Waals surface area contributed by atoms with Crippen LogP contribution >= 0.6 is 11.8 Å². The van der Waals surface area contributed by atoms with Gasteiger partial charge in [0.15, 0.2) is 0 Å². The van der Waals surface area contributed by atoms with Crippen molar-refractivity contribution in [3.05, 3.63) is 107 Å². The maximum absolute atomic E-state index is 13.5. The minimum absolute atomic E-state index is 0. The third-order valence-corrected chi connectivity index (χ3v) is 6.91. The molecule has 0 bridgehead atoms. The molecule has 4 rings (SSSR count). The van der Waals surface area contributed by atoms with E-state index in [4.69, 9.17) is 9.15 Å². The summed E-state index contributed by atoms with van der Waals surface area (Å²) in [5.74, 6) is -0.0380. The summed E-state index contributed by atoms with van der Waals surface area (Å²) in [6.45, 7) is 2.45. The number of amides is 1. The fraction of sp³-hybridized carbons (Fsp3) is 0.226. The zero-order valence-electron chi connectivity index (χ0n) is 23.8. The summed E-state index contributed by atoms with van der Waals surface area (Å²) < 4.78 is 25.2. The number of halogens is 1. The molecular weight excluding hydrogens is 524 g/mol. The van der Waals surface area contributed by atoms with Crippen molar-refractivity contribution in [2.75, 3.05) is 12.0 Å². The van der Waals surface area contributed by atoms with Crippen molar-refractivity contribution in [1.29, 1.82) is 0 Å². The van der Waals surface area contributed by atoms with Crippen molar-refractivity contribution in [1.82, 2.24) is 5.32 Å². The molecule has 3 aromatic carbocycles. The largest absolute Gasteiger partial charge is 1.00 e. The Hall–Kier alpha value is -3.28. The molecule has 0 radical (unpaired) electrons. The van der Waals surface area contributed by atoms with Crippen molar-refractivity contribution in [2.24, 2.45) is 0 Å². The van der Waals surface area contributed by atoms with Gasteiger partial charge in [0.2, 0.25) is 0 Å². The fourth-order valence-corrected chi connectivity index (χ4v) is 4.70. The predicted octanol–water partition coefficient (Wildman–Crippen LogP) is 3.83. The number of carboxylic acid groups (broad SMARTS) is 1. The first-order chi connectivity index (χ1) is 18.9. The Kier molecular flexibility index (Phi) is 11.7. The van der Waals surface area contributed by atoms with Crippen LogP contribution in [0.15, 0.2) is 83.3 Å². The summed E-state index contributed by atoms with van der Waals surface area (Å²) in [7, 11) is 0. The molecule has 1 amide bonds. The number of ether oxygens (including phenoxy) is 1. The normalized spacial score (nSPS) is 11.5. The Labute approximate surface area is 251 Å². The molecule has 0 aliphatic rings. The summed E-state index contributed by atoms with van der Waals surface area (Å²) >= 11 is 1.53. The molecule has 0 spiro atoms. The number of hydrogen-bond donors (Lipinski definition) is 2. The first-order valence-electron chi connectivity index (χ1n) is 12.5. The second kappa shape index (κ2) is 14.9. The van der Waals surface area contributed by atoms with E-state index in [2.05, 4.69) is 5.32 Å². The quantitative estimate of drug-likeness (QED) is 0.259. The molecule has 4 aromatic rings. The average molecular weight is 556 g/mol. The third kappa shape index (κ3) is 8.12. The molecule has 2 N–H and O–H groups in total. The molecule has 40 heavy (non-hydrogen) atoms. The second-order valence-electron chi connectivity index (χ2n) is 9.11. The Morgan fingerprint density at radius 2 is 1.82 bits per heavy atom. The molecule has 0 saturated carbocycles. The van der Waals surface area contributed by atoms with Gasteiger partial charge in [0.25, 0.3) is 5.91 Å². The number of benzene rings is 3. The van der Waals surface area contributed by atoms with Gasteiger partial charge in [-0.25, -0.2) is 9.18 Å². The zero-order valence-corrected chi connectivity index (χ0v) is 23.6. The third-order valence-electron chi connectivity index (χ3n) is 6.26. The zero-order chi connectivity index (χ0) is 27.8. The van der Waals surface area contributed by atoms with Gasteiger partial charge >= 0.3 is 24.8 Å². The van der Waals surface area contributed by atoms with Crippen LogP contribution in [0, 0.1) is 12.7 Å². The van der Waals surface area contributed by atoms with Crippen LogP contribution in [-0.2, 0) is 22.7 Å². The van der Waals surface area contributed by atoms with Crippen LogP contribution in [0.1, 0.15) is 35.1 Å². The van der Waals surface area contributed by atoms with Gasteiger partial charge in [0.05, 0.1) is 6.61 Å². The van der Waals surface area contributed by atoms with Gasteiger partial charge in [-0.2, -0.15) is 11.8 Å². The topological polar surface area (TPSA) is 88.8 Å². The van der Waals surface area contributed by atoms with Crippen LogP contribution in [0.5, 0.6) is 0 Å². The van der Waals surface area contributed by atoms with E-state index >= 15 is 0 Å². The molecule has 0 aliphatic carbocycles. The fourth-order valence-electron chi connectivity index (χ4n) is 4.23. The Bertz CT molecular complexity index is 1460. The minimum Gasteiger partial charge on any atom is -1.00 e. The van der Waals surface area contributed by atoms with Gasteiger partial charge in [0, 0.05) is 11.1 Å². The van der Waals surface area contributed by atoms with Crippen LogP contribution in [0.25, 0.3) is 22.5 Å². The van der Waals surface area contributed by atoms with E-state index in [-0.39, 0.29) is 39.3 Å². The summed E-state index contributed by atoms with van der Waals surface area (Å²) in [5, 5.41) is 12.3. The van der Waals surface area contributed by atoms with Crippen molar-refractivity contribution in [3.63, 3.8) is 0 Å². The summed E-state index contributed by atoms with van der Waals surface area (Å²) in [6.07, 6.45) is 2.23. The number of rotatable bonds is 12. The number of carboxylic acids is 1. The predicted molar refractivity (Wildman–Crippen MR) is 152 cm³/mol. The number of aryl methyl sites for hydroxylation is 1. The van der Waals surface area contributed by atoms with Gasteiger partial charge in [0.1, 0.15) is 30.0 Å². The molecule has 1 atom stereocenters. The van der Waals surface area contributed by atoms with Gasteiger partial charge < -0.3 is 21.0 Å². The Balaban J connectivity index is 0.00000294. The van der Waals surface area contributed by atoms with Crippen LogP contribution in [0.2, 0.25) is 0 Å². The molecular formula is C31H31FLiNO5S. The number of nitrogens with one attached hydrogen (secondary N) is 1. The van der Waals surface area contributed by atoms with E-state index in [1.54, 1.807) is 36.4 Å². The summed E-state index contributed by atoms with van der Waals surface area (Å²) in [4.78, 5) is 24.9. The second-order valence-corrected chi connectivity index (χ2v) is 10.1. The van der Waals surface area contributed by atoms with E-state index < -0.39 is 17.9 Å². The SMILES string of the molecule is CSCC[C@H](NC(=O)c1ccc(COCc2ccc(-c3cccc(F)c3)o2)cc1-c1ccccc1C)C(=O)O.[H-].[Li+].